The van der Waals surface area contributed by atoms with Crippen molar-refractivity contribution in [2.24, 2.45) is 4.99 Å². The van der Waals surface area contributed by atoms with Gasteiger partial charge in [0.25, 0.3) is 5.56 Å². The van der Waals surface area contributed by atoms with Gasteiger partial charge in [0.2, 0.25) is 5.88 Å². The van der Waals surface area contributed by atoms with Crippen LogP contribution < -0.4 is 16.4 Å². The van der Waals surface area contributed by atoms with Crippen LogP contribution in [0.3, 0.4) is 0 Å². The van der Waals surface area contributed by atoms with Crippen LogP contribution in [0.1, 0.15) is 34.8 Å². The monoisotopic (exact) mass is 392 g/mol. The topological polar surface area (TPSA) is 128 Å². The molecule has 0 amide bonds. The molecule has 3 aromatic rings. The third kappa shape index (κ3) is 4.32. The average Bonchev–Trinajstić information content (AvgIpc) is 2.71. The molecule has 2 aromatic carbocycles. The fourth-order valence-corrected chi connectivity index (χ4v) is 2.90. The number of aromatic carboxylic acids is 1. The van der Waals surface area contributed by atoms with Crippen LogP contribution in [-0.4, -0.2) is 26.3 Å². The second-order valence-electron chi connectivity index (χ2n) is 6.28. The first-order valence-corrected chi connectivity index (χ1v) is 8.90. The molecule has 8 heteroatoms. The van der Waals surface area contributed by atoms with Gasteiger partial charge in [0.05, 0.1) is 23.9 Å². The summed E-state index contributed by atoms with van der Waals surface area (Å²) in [5, 5.41) is 21.7. The molecular weight excluding hydrogens is 374 g/mol. The third-order valence-corrected chi connectivity index (χ3v) is 4.32. The second kappa shape index (κ2) is 8.39. The molecule has 0 spiro atoms. The van der Waals surface area contributed by atoms with E-state index in [4.69, 9.17) is 0 Å². The minimum absolute atomic E-state index is 0.0612. The number of aromatic amines is 1. The van der Waals surface area contributed by atoms with E-state index < -0.39 is 23.1 Å². The molecule has 0 aliphatic rings. The van der Waals surface area contributed by atoms with Crippen molar-refractivity contribution < 1.29 is 15.0 Å². The van der Waals surface area contributed by atoms with Gasteiger partial charge in [0, 0.05) is 0 Å². The van der Waals surface area contributed by atoms with E-state index in [0.29, 0.717) is 0 Å². The summed E-state index contributed by atoms with van der Waals surface area (Å²) in [6.07, 6.45) is 0.260. The maximum Gasteiger partial charge on any atom is 0.331 e. The number of rotatable bonds is 6. The van der Waals surface area contributed by atoms with Gasteiger partial charge in [-0.2, -0.15) is 0 Å². The fourth-order valence-electron chi connectivity index (χ4n) is 2.90. The molecule has 0 aliphatic heterocycles. The highest BCUT2D eigenvalue weighted by molar-refractivity contribution is 6.03. The van der Waals surface area contributed by atoms with Crippen molar-refractivity contribution in [3.05, 3.63) is 92.1 Å². The number of hydrogen-bond acceptors (Lipinski definition) is 6. The van der Waals surface area contributed by atoms with Crippen molar-refractivity contribution in [3.8, 4) is 5.88 Å². The Labute approximate surface area is 165 Å². The van der Waals surface area contributed by atoms with E-state index in [-0.39, 0.29) is 35.5 Å². The summed E-state index contributed by atoms with van der Waals surface area (Å²) in [6.45, 7) is 1.79. The van der Waals surface area contributed by atoms with E-state index in [1.807, 2.05) is 6.07 Å². The quantitative estimate of drug-likeness (QED) is 0.609. The lowest BCUT2D eigenvalue weighted by Crippen LogP contribution is -2.34. The first-order chi connectivity index (χ1) is 13.9. The summed E-state index contributed by atoms with van der Waals surface area (Å²) in [6, 6.07) is 14.7. The lowest BCUT2D eigenvalue weighted by atomic mass is 10.1. The molecule has 1 aromatic heterocycles. The average molecular weight is 392 g/mol. The predicted octanol–water partition coefficient (Wildman–Crippen LogP) is 1.18. The fraction of sp³-hybridized carbons (Fsp3) is 0.143. The molecule has 0 aliphatic carbocycles. The van der Waals surface area contributed by atoms with Crippen molar-refractivity contribution in [1.82, 2.24) is 9.55 Å². The summed E-state index contributed by atoms with van der Waals surface area (Å²) in [7, 11) is 0. The van der Waals surface area contributed by atoms with Gasteiger partial charge in [-0.25, -0.2) is 4.79 Å². The van der Waals surface area contributed by atoms with Gasteiger partial charge in [-0.15, -0.1) is 0 Å². The molecule has 29 heavy (non-hydrogen) atoms. The highest BCUT2D eigenvalue weighted by atomic mass is 16.4. The predicted molar refractivity (Wildman–Crippen MR) is 106 cm³/mol. The zero-order chi connectivity index (χ0) is 21.0. The Balaban J connectivity index is 2.12. The number of hydrogen-bond donors (Lipinski definition) is 2. The Kier molecular flexibility index (Phi) is 5.73. The summed E-state index contributed by atoms with van der Waals surface area (Å²) >= 11 is 0. The Morgan fingerprint density at radius 1 is 1.14 bits per heavy atom. The standard InChI is InChI=1S/C21H19N3O5/c1-2-16(22-15-10-6-9-14(11-15)20(27)28)17-18(25)23-21(29)24(19(17)26)12-13-7-4-3-5-8-13/h3-11,26H,2,12H2,1H3,(H,27,28)(H,23,25,29)/p-1. The van der Waals surface area contributed by atoms with Gasteiger partial charge in [0.1, 0.15) is 5.56 Å². The third-order valence-electron chi connectivity index (χ3n) is 4.32. The number of carbonyl (C=O) groups is 1. The largest absolute Gasteiger partial charge is 0.545 e. The number of nitrogens with zero attached hydrogens (tertiary/aromatic N) is 2. The first-order valence-electron chi connectivity index (χ1n) is 8.90. The number of carboxylic acids is 1. The van der Waals surface area contributed by atoms with Crippen molar-refractivity contribution in [3.63, 3.8) is 0 Å². The minimum Gasteiger partial charge on any atom is -0.545 e. The second-order valence-corrected chi connectivity index (χ2v) is 6.28. The number of aromatic hydroxyl groups is 1. The van der Waals surface area contributed by atoms with E-state index in [0.717, 1.165) is 10.1 Å². The van der Waals surface area contributed by atoms with Crippen molar-refractivity contribution in [2.75, 3.05) is 0 Å². The molecule has 0 saturated carbocycles. The van der Waals surface area contributed by atoms with E-state index in [9.17, 15) is 24.6 Å². The molecule has 0 radical (unpaired) electrons. The number of carboxylic acid groups (broad SMARTS) is 1. The Morgan fingerprint density at radius 3 is 2.52 bits per heavy atom. The van der Waals surface area contributed by atoms with E-state index >= 15 is 0 Å². The Hall–Kier alpha value is -3.94. The van der Waals surface area contributed by atoms with Gasteiger partial charge < -0.3 is 15.0 Å². The number of benzene rings is 2. The number of nitrogens with one attached hydrogen (secondary N) is 1. The van der Waals surface area contributed by atoms with Crippen LogP contribution >= 0.6 is 0 Å². The normalized spacial score (nSPS) is 11.4. The maximum absolute atomic E-state index is 12.4. The lowest BCUT2D eigenvalue weighted by Gasteiger charge is -2.13. The van der Waals surface area contributed by atoms with Crippen LogP contribution in [0.25, 0.3) is 0 Å². The maximum atomic E-state index is 12.4. The van der Waals surface area contributed by atoms with Gasteiger partial charge in [-0.1, -0.05) is 49.4 Å². The molecule has 0 atom stereocenters. The molecule has 0 unspecified atom stereocenters. The van der Waals surface area contributed by atoms with Crippen LogP contribution in [0, 0.1) is 0 Å². The minimum atomic E-state index is -1.35. The van der Waals surface area contributed by atoms with Crippen molar-refractivity contribution >= 4 is 17.4 Å². The van der Waals surface area contributed by atoms with Crippen molar-refractivity contribution in [2.45, 2.75) is 19.9 Å². The molecule has 8 nitrogen and oxygen atoms in total. The van der Waals surface area contributed by atoms with Gasteiger partial charge in [-0.3, -0.25) is 19.3 Å². The molecular formula is C21H18N3O5-. The van der Waals surface area contributed by atoms with Gasteiger partial charge in [0.15, 0.2) is 0 Å². The van der Waals surface area contributed by atoms with Crippen molar-refractivity contribution in [1.29, 1.82) is 0 Å². The zero-order valence-corrected chi connectivity index (χ0v) is 15.6. The van der Waals surface area contributed by atoms with Gasteiger partial charge >= 0.3 is 5.69 Å². The number of carbonyl (C=O) groups excluding carboxylic acids is 1. The Morgan fingerprint density at radius 2 is 1.86 bits per heavy atom. The molecule has 148 valence electrons. The number of aromatic nitrogens is 2. The lowest BCUT2D eigenvalue weighted by molar-refractivity contribution is -0.255. The van der Waals surface area contributed by atoms with Crippen LogP contribution in [0.4, 0.5) is 5.69 Å². The zero-order valence-electron chi connectivity index (χ0n) is 15.6. The summed E-state index contributed by atoms with van der Waals surface area (Å²) in [5.74, 6) is -1.85. The van der Waals surface area contributed by atoms with E-state index in [1.165, 1.54) is 18.2 Å². The molecule has 1 heterocycles. The highest BCUT2D eigenvalue weighted by Gasteiger charge is 2.18. The van der Waals surface area contributed by atoms with Crippen LogP contribution in [-0.2, 0) is 6.54 Å². The molecule has 0 saturated heterocycles. The summed E-state index contributed by atoms with van der Waals surface area (Å²) in [4.78, 5) is 42.2. The summed E-state index contributed by atoms with van der Waals surface area (Å²) in [5.41, 5.74) is -0.456. The molecule has 0 bridgehead atoms. The van der Waals surface area contributed by atoms with E-state index in [1.54, 1.807) is 37.3 Å². The Bertz CT molecular complexity index is 1190. The SMILES string of the molecule is CCC(=Nc1cccc(C(=O)[O-])c1)c1c(O)n(Cc2ccccc2)c(=O)[nH]c1=O. The van der Waals surface area contributed by atoms with E-state index in [2.05, 4.69) is 9.98 Å². The molecule has 0 fully saturated rings. The number of aliphatic imine (C=N–C) groups is 1. The smallest absolute Gasteiger partial charge is 0.331 e. The first kappa shape index (κ1) is 19.8. The van der Waals surface area contributed by atoms with Crippen LogP contribution in [0.2, 0.25) is 0 Å². The molecule has 3 rings (SSSR count). The summed E-state index contributed by atoms with van der Waals surface area (Å²) < 4.78 is 1.05. The van der Waals surface area contributed by atoms with Crippen LogP contribution in [0.5, 0.6) is 5.88 Å². The van der Waals surface area contributed by atoms with Crippen LogP contribution in [0.15, 0.2) is 69.2 Å². The van der Waals surface area contributed by atoms with Gasteiger partial charge in [-0.05, 0) is 29.7 Å². The molecule has 2 N–H and O–H groups in total. The number of H-pyrrole nitrogens is 1. The highest BCUT2D eigenvalue weighted by Crippen LogP contribution is 2.20.